The van der Waals surface area contributed by atoms with Crippen LogP contribution in [0.1, 0.15) is 183 Å². The van der Waals surface area contributed by atoms with Crippen molar-refractivity contribution in [1.29, 1.82) is 0 Å². The van der Waals surface area contributed by atoms with E-state index in [1.165, 1.54) is 6.42 Å². The van der Waals surface area contributed by atoms with Gasteiger partial charge in [-0.2, -0.15) is 0 Å². The van der Waals surface area contributed by atoms with Crippen LogP contribution in [0, 0.1) is 57.7 Å². The lowest BCUT2D eigenvalue weighted by atomic mass is 9.56. The Morgan fingerprint density at radius 2 is 1.68 bits per heavy atom. The van der Waals surface area contributed by atoms with E-state index in [1.807, 2.05) is 24.3 Å². The third-order valence-electron chi connectivity index (χ3n) is 23.3. The van der Waals surface area contributed by atoms with Gasteiger partial charge in [0.05, 0.1) is 24.9 Å². The number of benzene rings is 3. The van der Waals surface area contributed by atoms with Gasteiger partial charge in [0.25, 0.3) is 0 Å². The van der Waals surface area contributed by atoms with Crippen LogP contribution >= 0.6 is 0 Å². The van der Waals surface area contributed by atoms with Gasteiger partial charge < -0.3 is 60.8 Å². The fourth-order valence-corrected chi connectivity index (χ4v) is 19.5. The SMILES string of the molecule is CC[C@H]1C[C@H]2C=C[C@@H]1C[C@H](O)C[C@]1(CCC[C@@]13CCO[C@]1(CC[C@@H](CNC)C1)C3)CN=C(N)NCC[C@@H]1[C@H](CCC3(CCCC3)[C@H]1CO)Oc1cc(ccc1O)[C@@H]1Oc3cc(OC)c4c(c3C[C@H]1O)[C@@H]2Cc1cc(O)c(CC(C)C)cc1-4. The van der Waals surface area contributed by atoms with Gasteiger partial charge >= 0.3 is 0 Å². The lowest BCUT2D eigenvalue weighted by molar-refractivity contribution is -0.158. The maximum atomic E-state index is 12.8. The number of guanidine groups is 1. The second-order valence-corrected chi connectivity index (χ2v) is 28.3. The molecule has 0 unspecified atom stereocenters. The zero-order chi connectivity index (χ0) is 57.1. The number of ether oxygens (including phenoxy) is 4. The number of aliphatic hydroxyl groups excluding tert-OH is 3. The highest BCUT2D eigenvalue weighted by atomic mass is 16.5. The lowest BCUT2D eigenvalue weighted by Crippen LogP contribution is -2.52. The van der Waals surface area contributed by atoms with Crippen LogP contribution in [0.15, 0.2) is 53.5 Å². The molecule has 0 aromatic heterocycles. The van der Waals surface area contributed by atoms with Crippen molar-refractivity contribution in [3.8, 4) is 39.9 Å². The molecule has 8 bridgehead atoms. The number of fused-ring (bicyclic) bond motifs is 2. The van der Waals surface area contributed by atoms with Crippen molar-refractivity contribution in [3.63, 3.8) is 0 Å². The van der Waals surface area contributed by atoms with Crippen LogP contribution in [0.4, 0.5) is 0 Å². The number of hydrogen-bond donors (Lipinski definition) is 8. The fourth-order valence-electron chi connectivity index (χ4n) is 19.5. The molecule has 0 amide bonds. The average molecular weight is 1130 g/mol. The van der Waals surface area contributed by atoms with Gasteiger partial charge in [-0.3, -0.25) is 4.99 Å². The molecule has 1 saturated heterocycles. The normalized spacial score (nSPS) is 36.1. The van der Waals surface area contributed by atoms with E-state index in [9.17, 15) is 25.5 Å². The average Bonchev–Trinajstić information content (AvgIpc) is 2.18. The summed E-state index contributed by atoms with van der Waals surface area (Å²) in [4.78, 5) is 5.33. The lowest BCUT2D eigenvalue weighted by Gasteiger charge is -2.54. The zero-order valence-electron chi connectivity index (χ0n) is 50.0. The van der Waals surface area contributed by atoms with Crippen LogP contribution in [-0.2, 0) is 24.0 Å². The second kappa shape index (κ2) is 23.4. The molecule has 448 valence electrons. The third-order valence-corrected chi connectivity index (χ3v) is 23.3. The molecule has 4 saturated carbocycles. The van der Waals surface area contributed by atoms with Crippen LogP contribution in [0.5, 0.6) is 28.7 Å². The van der Waals surface area contributed by atoms with Gasteiger partial charge in [0, 0.05) is 55.8 Å². The molecule has 4 spiro atoms. The first-order valence-corrected chi connectivity index (χ1v) is 32.3. The van der Waals surface area contributed by atoms with Crippen molar-refractivity contribution in [2.24, 2.45) is 68.4 Å². The first kappa shape index (κ1) is 57.9. The number of rotatable bonds is 7. The summed E-state index contributed by atoms with van der Waals surface area (Å²) in [6.45, 7) is 9.57. The van der Waals surface area contributed by atoms with E-state index < -0.39 is 18.3 Å². The Bertz CT molecular complexity index is 2850. The molecule has 15 rings (SSSR count). The Balaban J connectivity index is 0.953. The second-order valence-electron chi connectivity index (χ2n) is 28.3. The predicted molar refractivity (Wildman–Crippen MR) is 322 cm³/mol. The minimum absolute atomic E-state index is 0.00491. The van der Waals surface area contributed by atoms with Crippen molar-refractivity contribution in [3.05, 3.63) is 76.4 Å². The van der Waals surface area contributed by atoms with Crippen LogP contribution in [0.3, 0.4) is 0 Å². The van der Waals surface area contributed by atoms with Gasteiger partial charge in [-0.1, -0.05) is 64.7 Å². The van der Waals surface area contributed by atoms with Gasteiger partial charge in [0.1, 0.15) is 29.5 Å². The molecule has 6 aliphatic carbocycles. The zero-order valence-corrected chi connectivity index (χ0v) is 50.0. The Morgan fingerprint density at radius 1 is 0.866 bits per heavy atom. The number of nitrogens with one attached hydrogen (secondary N) is 2. The van der Waals surface area contributed by atoms with E-state index in [0.29, 0.717) is 97.5 Å². The number of methoxy groups -OCH3 is 1. The molecule has 0 radical (unpaired) electrons. The molecule has 12 aliphatic rings. The van der Waals surface area contributed by atoms with Crippen molar-refractivity contribution in [2.45, 2.75) is 198 Å². The molecular weight excluding hydrogens is 1030 g/mol. The monoisotopic (exact) mass is 1130 g/mol. The summed E-state index contributed by atoms with van der Waals surface area (Å²) >= 11 is 0. The number of nitrogens with zero attached hydrogens (tertiary/aromatic N) is 1. The first-order valence-electron chi connectivity index (χ1n) is 32.3. The number of aliphatic hydroxyl groups is 3. The van der Waals surface area contributed by atoms with Crippen LogP contribution in [0.25, 0.3) is 11.1 Å². The highest BCUT2D eigenvalue weighted by molar-refractivity contribution is 5.84. The smallest absolute Gasteiger partial charge is 0.188 e. The van der Waals surface area contributed by atoms with Gasteiger partial charge in [0.2, 0.25) is 0 Å². The first-order chi connectivity index (χ1) is 39.6. The summed E-state index contributed by atoms with van der Waals surface area (Å²) in [6.07, 6.45) is 22.9. The molecule has 3 aromatic rings. The molecule has 14 atom stereocenters. The highest BCUT2D eigenvalue weighted by Crippen LogP contribution is 2.66. The van der Waals surface area contributed by atoms with Crippen LogP contribution in [0.2, 0.25) is 0 Å². The number of aromatic hydroxyl groups is 2. The highest BCUT2D eigenvalue weighted by Gasteiger charge is 2.61. The minimum atomic E-state index is -0.917. The molecule has 13 heteroatoms. The Kier molecular flexibility index (Phi) is 16.5. The van der Waals surface area contributed by atoms with Crippen molar-refractivity contribution in [1.82, 2.24) is 10.6 Å². The van der Waals surface area contributed by atoms with Crippen LogP contribution < -0.4 is 30.6 Å². The maximum Gasteiger partial charge on any atom is 0.188 e. The summed E-state index contributed by atoms with van der Waals surface area (Å²) in [5.41, 5.74) is 13.5. The molecular formula is C69H98N4O9. The largest absolute Gasteiger partial charge is 0.508 e. The Hall–Kier alpha value is -4.53. The number of hydrogen-bond acceptors (Lipinski definition) is 13. The van der Waals surface area contributed by atoms with Gasteiger partial charge in [-0.05, 0) is 232 Å². The summed E-state index contributed by atoms with van der Waals surface area (Å²) in [5.74, 6) is 4.07. The molecule has 82 heavy (non-hydrogen) atoms. The van der Waals surface area contributed by atoms with E-state index in [1.54, 1.807) is 13.2 Å². The fraction of sp³-hybridized carbons (Fsp3) is 0.696. The van der Waals surface area contributed by atoms with E-state index in [0.717, 1.165) is 149 Å². The quantitative estimate of drug-likeness (QED) is 0.104. The van der Waals surface area contributed by atoms with Gasteiger partial charge in [0.15, 0.2) is 17.5 Å². The molecule has 3 aromatic carbocycles. The Morgan fingerprint density at radius 3 is 2.46 bits per heavy atom. The number of phenols is 2. The number of aliphatic imine (C=N–C) groups is 1. The topological polar surface area (TPSA) is 201 Å². The molecule has 6 heterocycles. The third kappa shape index (κ3) is 10.6. The summed E-state index contributed by atoms with van der Waals surface area (Å²) < 4.78 is 27.4. The van der Waals surface area contributed by atoms with E-state index >= 15 is 0 Å². The predicted octanol–water partition coefficient (Wildman–Crippen LogP) is 11.4. The molecule has 6 aliphatic heterocycles. The van der Waals surface area contributed by atoms with Crippen molar-refractivity contribution >= 4 is 5.96 Å². The van der Waals surface area contributed by atoms with Crippen LogP contribution in [-0.4, -0.2) is 102 Å². The molecule has 13 nitrogen and oxygen atoms in total. The summed E-state index contributed by atoms with van der Waals surface area (Å²) in [5, 5.41) is 67.0. The standard InChI is InChI=1S/C69H98N4O9/c1-6-43-27-45-11-10-44(43)28-49(75)36-68(20-9-19-67(68)23-25-80-69(39-67)22-14-42(35-69)37-71-4)40-73-65(70)72-24-16-50-54(38-74)66(17-7-8-18-66)21-15-58(50)81-60-32-46(12-13-55(60)76)64-57(78)33-53-59(82-64)34-61(79-5)63-52-30-48(26-41(2)3)56(77)31-47(52)29-51(45)62(53)63/h10-13,30-32,34,41-45,49-51,54,57-58,64,71,74-78H,6-9,14-29,33,35-40H2,1-5H3,(H3,70,72,73)/t42-,43+,44-,45-,49+,50+,51-,54+,57-,58+,64+,67+,68-,69+/m1/s1. The maximum absolute atomic E-state index is 12.8. The molecule has 5 fully saturated rings. The van der Waals surface area contributed by atoms with Gasteiger partial charge in [-0.25, -0.2) is 0 Å². The number of nitrogens with two attached hydrogens (primary N) is 1. The minimum Gasteiger partial charge on any atom is -0.508 e. The van der Waals surface area contributed by atoms with Crippen molar-refractivity contribution in [2.75, 3.05) is 47.0 Å². The van der Waals surface area contributed by atoms with E-state index in [-0.39, 0.29) is 69.9 Å². The van der Waals surface area contributed by atoms with Crippen molar-refractivity contribution < 1.29 is 44.5 Å². The summed E-state index contributed by atoms with van der Waals surface area (Å²) in [7, 11) is 3.79. The Labute approximate surface area is 488 Å². The molecule has 9 N–H and O–H groups in total. The van der Waals surface area contributed by atoms with E-state index in [4.69, 9.17) is 29.7 Å². The number of allylic oxidation sites excluding steroid dienone is 2. The number of phenolic OH excluding ortho intramolecular Hbond substituents is 2. The van der Waals surface area contributed by atoms with E-state index in [2.05, 4.69) is 56.7 Å². The van der Waals surface area contributed by atoms with Gasteiger partial charge in [-0.15, -0.1) is 0 Å². The summed E-state index contributed by atoms with van der Waals surface area (Å²) in [6, 6.07) is 11.5.